The second kappa shape index (κ2) is 21.6. The number of carbonyl (C=O) groups excluding carboxylic acids is 4. The maximum Gasteiger partial charge on any atom is 0.329 e. The lowest BCUT2D eigenvalue weighted by atomic mass is 9.81. The van der Waals surface area contributed by atoms with Crippen LogP contribution in [0.3, 0.4) is 0 Å². The SMILES string of the molecule is C=CCOC1CC(C=C(C)C2OC(=O)C3CCCCN3C(=O)C(=O)C3(O)OC(C(OC)CC(C)C(F)C(C)=CC(CC)C(=O)CCC2C)C(OC)CC3C)CCC1N. The van der Waals surface area contributed by atoms with Crippen LogP contribution >= 0.6 is 0 Å². The van der Waals surface area contributed by atoms with E-state index in [2.05, 4.69) is 12.7 Å². The number of ketones is 2. The minimum atomic E-state index is -2.56. The predicted octanol–water partition coefficient (Wildman–Crippen LogP) is 5.97. The van der Waals surface area contributed by atoms with Gasteiger partial charge in [0.1, 0.15) is 30.2 Å². The number of esters is 1. The van der Waals surface area contributed by atoms with Crippen LogP contribution in [0.2, 0.25) is 0 Å². The molecule has 1 aliphatic carbocycles. The number of fused-ring (bicyclic) bond motifs is 3. The number of alkyl halides is 1. The molecule has 4 aliphatic rings. The van der Waals surface area contributed by atoms with Gasteiger partial charge in [-0.05, 0) is 107 Å². The molecule has 4 rings (SSSR count). The Morgan fingerprint density at radius 3 is 2.36 bits per heavy atom. The van der Waals surface area contributed by atoms with Crippen LogP contribution in [0.25, 0.3) is 0 Å². The van der Waals surface area contributed by atoms with Crippen LogP contribution in [0.1, 0.15) is 112 Å². The van der Waals surface area contributed by atoms with Crippen molar-refractivity contribution in [1.29, 1.82) is 0 Å². The van der Waals surface area contributed by atoms with Gasteiger partial charge in [0.25, 0.3) is 11.7 Å². The van der Waals surface area contributed by atoms with Gasteiger partial charge in [-0.2, -0.15) is 0 Å². The third-order valence-corrected chi connectivity index (χ3v) is 13.2. The number of hydrogen-bond acceptors (Lipinski definition) is 11. The van der Waals surface area contributed by atoms with E-state index in [1.54, 1.807) is 32.9 Å². The Bertz CT molecular complexity index is 1500. The number of nitrogens with two attached hydrogens (primary N) is 1. The average Bonchev–Trinajstić information content (AvgIpc) is 3.22. The molecule has 13 heteroatoms. The summed E-state index contributed by atoms with van der Waals surface area (Å²) in [7, 11) is 2.92. The Balaban J connectivity index is 1.75. The van der Waals surface area contributed by atoms with E-state index in [0.29, 0.717) is 44.3 Å². The molecule has 2 saturated heterocycles. The van der Waals surface area contributed by atoms with E-state index in [0.717, 1.165) is 18.4 Å². The fourth-order valence-corrected chi connectivity index (χ4v) is 9.47. The highest BCUT2D eigenvalue weighted by atomic mass is 19.1. The van der Waals surface area contributed by atoms with Crippen LogP contribution < -0.4 is 5.73 Å². The fourth-order valence-electron chi connectivity index (χ4n) is 9.47. The second-order valence-corrected chi connectivity index (χ2v) is 17.5. The first kappa shape index (κ1) is 47.9. The maximum absolute atomic E-state index is 16.2. The predicted molar refractivity (Wildman–Crippen MR) is 218 cm³/mol. The quantitative estimate of drug-likeness (QED) is 0.169. The number of rotatable bonds is 8. The van der Waals surface area contributed by atoms with Gasteiger partial charge in [0, 0.05) is 45.1 Å². The van der Waals surface area contributed by atoms with Gasteiger partial charge in [0.05, 0.1) is 24.9 Å². The van der Waals surface area contributed by atoms with Gasteiger partial charge in [-0.1, -0.05) is 45.9 Å². The summed E-state index contributed by atoms with van der Waals surface area (Å²) in [5.74, 6) is -7.67. The summed E-state index contributed by atoms with van der Waals surface area (Å²) in [6.07, 6.45) is 5.76. The molecule has 3 fully saturated rings. The lowest BCUT2D eigenvalue weighted by Crippen LogP contribution is -2.64. The number of amides is 1. The zero-order valence-electron chi connectivity index (χ0n) is 36.2. The summed E-state index contributed by atoms with van der Waals surface area (Å²) in [5, 5.41) is 12.0. The standard InChI is InChI=1S/C45H71FN2O10/c1-10-20-56-36-25-31(16-17-33(36)47)21-29(6)40-26(3)15-18-35(49)32(11-2)22-27(4)39(46)28(5)23-37(54-8)41-38(55-9)24-30(7)45(53,58-41)42(50)43(51)48-19-13-12-14-34(48)44(52)57-40/h10,21-22,26,28,30-34,36-41,53H,1,11-20,23-25,47H2,2-9H3. The van der Waals surface area contributed by atoms with Crippen molar-refractivity contribution in [1.82, 2.24) is 4.90 Å². The van der Waals surface area contributed by atoms with Crippen molar-refractivity contribution in [3.63, 3.8) is 0 Å². The maximum atomic E-state index is 16.2. The highest BCUT2D eigenvalue weighted by Crippen LogP contribution is 2.39. The van der Waals surface area contributed by atoms with E-state index in [4.69, 9.17) is 29.4 Å². The van der Waals surface area contributed by atoms with E-state index in [1.165, 1.54) is 19.1 Å². The molecule has 3 heterocycles. The molecule has 12 nitrogen and oxygen atoms in total. The lowest BCUT2D eigenvalue weighted by molar-refractivity contribution is -0.302. The zero-order chi connectivity index (χ0) is 42.9. The zero-order valence-corrected chi connectivity index (χ0v) is 36.2. The minimum Gasteiger partial charge on any atom is -0.456 e. The van der Waals surface area contributed by atoms with Crippen molar-refractivity contribution in [3.05, 3.63) is 36.0 Å². The highest BCUT2D eigenvalue weighted by Gasteiger charge is 2.56. The molecule has 14 unspecified atom stereocenters. The number of ether oxygens (including phenoxy) is 5. The first-order valence-corrected chi connectivity index (χ1v) is 21.5. The van der Waals surface area contributed by atoms with Crippen molar-refractivity contribution in [2.45, 2.75) is 167 Å². The van der Waals surface area contributed by atoms with E-state index in [-0.39, 0.29) is 62.0 Å². The molecular weight excluding hydrogens is 747 g/mol. The molecule has 1 amide bonds. The molecular formula is C45H71FN2O10. The molecule has 0 aromatic rings. The number of cyclic esters (lactones) is 1. The largest absolute Gasteiger partial charge is 0.456 e. The molecule has 0 spiro atoms. The number of carbonyl (C=O) groups is 4. The van der Waals surface area contributed by atoms with Crippen molar-refractivity contribution < 1.29 is 52.4 Å². The van der Waals surface area contributed by atoms with Crippen molar-refractivity contribution in [3.8, 4) is 0 Å². The normalized spacial score (nSPS) is 39.6. The molecule has 3 aliphatic heterocycles. The molecule has 14 atom stereocenters. The van der Waals surface area contributed by atoms with Crippen LogP contribution in [0.4, 0.5) is 4.39 Å². The first-order chi connectivity index (χ1) is 27.5. The Morgan fingerprint density at radius 2 is 1.71 bits per heavy atom. The van der Waals surface area contributed by atoms with Gasteiger partial charge in [0.15, 0.2) is 0 Å². The van der Waals surface area contributed by atoms with Crippen LogP contribution in [0.5, 0.6) is 0 Å². The van der Waals surface area contributed by atoms with E-state index in [1.807, 2.05) is 20.8 Å². The third-order valence-electron chi connectivity index (χ3n) is 13.2. The summed E-state index contributed by atoms with van der Waals surface area (Å²) < 4.78 is 46.3. The van der Waals surface area contributed by atoms with Crippen molar-refractivity contribution >= 4 is 23.4 Å². The molecule has 3 N–H and O–H groups in total. The van der Waals surface area contributed by atoms with Crippen molar-refractivity contribution in [2.75, 3.05) is 27.4 Å². The lowest BCUT2D eigenvalue weighted by Gasteiger charge is -2.47. The Labute approximate surface area is 345 Å². The van der Waals surface area contributed by atoms with Gasteiger partial charge >= 0.3 is 5.97 Å². The van der Waals surface area contributed by atoms with Gasteiger partial charge in [0.2, 0.25) is 5.79 Å². The molecule has 328 valence electrons. The smallest absolute Gasteiger partial charge is 0.329 e. The van der Waals surface area contributed by atoms with E-state index < -0.39 is 77.8 Å². The highest BCUT2D eigenvalue weighted by molar-refractivity contribution is 6.39. The number of halogens is 1. The number of aliphatic hydroxyl groups is 1. The third kappa shape index (κ3) is 11.3. The number of hydrogen-bond donors (Lipinski definition) is 2. The Kier molecular flexibility index (Phi) is 17.8. The van der Waals surface area contributed by atoms with Gasteiger partial charge in [-0.25, -0.2) is 9.18 Å². The molecule has 0 aromatic carbocycles. The summed E-state index contributed by atoms with van der Waals surface area (Å²) in [4.78, 5) is 57.8. The van der Waals surface area contributed by atoms with Crippen LogP contribution in [-0.2, 0) is 42.9 Å². The Morgan fingerprint density at radius 1 is 1.02 bits per heavy atom. The van der Waals surface area contributed by atoms with Gasteiger partial charge in [-0.15, -0.1) is 6.58 Å². The topological polar surface area (TPSA) is 164 Å². The minimum absolute atomic E-state index is 0.0288. The molecule has 58 heavy (non-hydrogen) atoms. The average molecular weight is 819 g/mol. The summed E-state index contributed by atoms with van der Waals surface area (Å²) in [6, 6.07) is -1.18. The molecule has 2 bridgehead atoms. The van der Waals surface area contributed by atoms with E-state index >= 15 is 4.39 Å². The number of allylic oxidation sites excluding steroid dienone is 3. The monoisotopic (exact) mass is 819 g/mol. The fraction of sp³-hybridized carbons (Fsp3) is 0.778. The van der Waals surface area contributed by atoms with Crippen LogP contribution in [-0.4, -0.2) is 115 Å². The van der Waals surface area contributed by atoms with E-state index in [9.17, 15) is 24.3 Å². The first-order valence-electron chi connectivity index (χ1n) is 21.5. The number of Topliss-reactive ketones (excluding diaryl/α,β-unsaturated/α-hetero) is 2. The van der Waals surface area contributed by atoms with Crippen LogP contribution in [0, 0.1) is 29.6 Å². The Hall–Kier alpha value is -2.81. The number of piperidine rings is 1. The van der Waals surface area contributed by atoms with Crippen LogP contribution in [0.15, 0.2) is 36.0 Å². The number of nitrogens with zero attached hydrogens (tertiary/aromatic N) is 1. The summed E-state index contributed by atoms with van der Waals surface area (Å²) in [6.45, 7) is 15.0. The van der Waals surface area contributed by atoms with Gasteiger partial charge in [-0.3, -0.25) is 14.4 Å². The molecule has 0 radical (unpaired) electrons. The molecule has 1 saturated carbocycles. The van der Waals surface area contributed by atoms with Crippen molar-refractivity contribution in [2.24, 2.45) is 35.3 Å². The summed E-state index contributed by atoms with van der Waals surface area (Å²) in [5.41, 5.74) is 7.62. The summed E-state index contributed by atoms with van der Waals surface area (Å²) >= 11 is 0. The number of methoxy groups -OCH3 is 2. The molecule has 0 aromatic heterocycles. The second-order valence-electron chi connectivity index (χ2n) is 17.5. The van der Waals surface area contributed by atoms with Gasteiger partial charge < -0.3 is 39.4 Å².